The van der Waals surface area contributed by atoms with Gasteiger partial charge in [-0.15, -0.1) is 0 Å². The number of amides is 1. The molecule has 0 radical (unpaired) electrons. The van der Waals surface area contributed by atoms with Crippen molar-refractivity contribution in [2.75, 3.05) is 24.5 Å². The summed E-state index contributed by atoms with van der Waals surface area (Å²) in [4.78, 5) is 19.5. The number of pyridine rings is 1. The summed E-state index contributed by atoms with van der Waals surface area (Å²) in [7, 11) is -4.16. The van der Waals surface area contributed by atoms with Crippen LogP contribution in [0.1, 0.15) is 30.9 Å². The molecule has 3 aromatic rings. The second kappa shape index (κ2) is 11.7. The first kappa shape index (κ1) is 29.1. The van der Waals surface area contributed by atoms with E-state index in [2.05, 4.69) is 21.8 Å². The Bertz CT molecular complexity index is 1490. The molecular formula is C28H28F4N4O3S. The van der Waals surface area contributed by atoms with Crippen molar-refractivity contribution >= 4 is 21.7 Å². The largest absolute Gasteiger partial charge is 0.416 e. The van der Waals surface area contributed by atoms with Gasteiger partial charge in [-0.25, -0.2) is 17.8 Å². The zero-order valence-electron chi connectivity index (χ0n) is 21.7. The first-order valence-electron chi connectivity index (χ1n) is 12.6. The van der Waals surface area contributed by atoms with Gasteiger partial charge in [0.15, 0.2) is 0 Å². The van der Waals surface area contributed by atoms with Crippen LogP contribution in [0, 0.1) is 5.82 Å². The lowest BCUT2D eigenvalue weighted by Gasteiger charge is -2.24. The van der Waals surface area contributed by atoms with Crippen molar-refractivity contribution in [3.63, 3.8) is 0 Å². The third-order valence-electron chi connectivity index (χ3n) is 6.51. The first-order valence-corrected chi connectivity index (χ1v) is 14.0. The number of rotatable bonds is 9. The fraction of sp³-hybridized carbons (Fsp3) is 0.286. The van der Waals surface area contributed by atoms with Gasteiger partial charge in [0.25, 0.3) is 15.9 Å². The fourth-order valence-corrected chi connectivity index (χ4v) is 5.84. The topological polar surface area (TPSA) is 82.6 Å². The molecule has 1 N–H and O–H groups in total. The van der Waals surface area contributed by atoms with Crippen molar-refractivity contribution in [1.29, 1.82) is 0 Å². The van der Waals surface area contributed by atoms with Gasteiger partial charge < -0.3 is 10.2 Å². The third-order valence-corrected chi connectivity index (χ3v) is 8.44. The summed E-state index contributed by atoms with van der Waals surface area (Å²) >= 11 is 0. The maximum absolute atomic E-state index is 13.3. The normalized spacial score (nSPS) is 13.8. The summed E-state index contributed by atoms with van der Waals surface area (Å²) in [6.07, 6.45) is -2.50. The highest BCUT2D eigenvalue weighted by molar-refractivity contribution is 7.89. The Morgan fingerprint density at radius 3 is 2.25 bits per heavy atom. The predicted molar refractivity (Wildman–Crippen MR) is 143 cm³/mol. The molecule has 2 heterocycles. The minimum absolute atomic E-state index is 0.0109. The van der Waals surface area contributed by atoms with Crippen molar-refractivity contribution in [3.8, 4) is 11.3 Å². The monoisotopic (exact) mass is 576 g/mol. The van der Waals surface area contributed by atoms with E-state index in [1.54, 1.807) is 19.1 Å². The number of likely N-dealkylation sites (N-methyl/N-ethyl adjacent to an activating group) is 1. The van der Waals surface area contributed by atoms with Gasteiger partial charge in [-0.1, -0.05) is 18.7 Å². The van der Waals surface area contributed by atoms with Gasteiger partial charge >= 0.3 is 6.18 Å². The highest BCUT2D eigenvalue weighted by Crippen LogP contribution is 2.32. The molecule has 4 rings (SSSR count). The van der Waals surface area contributed by atoms with Crippen LogP contribution in [-0.2, 0) is 27.5 Å². The number of nitrogens with one attached hydrogen (secondary N) is 1. The molecule has 1 aromatic heterocycles. The molecule has 0 saturated carbocycles. The highest BCUT2D eigenvalue weighted by Gasteiger charge is 2.30. The van der Waals surface area contributed by atoms with Crippen LogP contribution in [-0.4, -0.2) is 43.2 Å². The predicted octanol–water partition coefficient (Wildman–Crippen LogP) is 5.35. The fourth-order valence-electron chi connectivity index (χ4n) is 4.40. The molecule has 1 amide bonds. The van der Waals surface area contributed by atoms with Crippen molar-refractivity contribution in [2.24, 2.45) is 0 Å². The number of aromatic nitrogens is 1. The van der Waals surface area contributed by atoms with Crippen molar-refractivity contribution in [2.45, 2.75) is 37.4 Å². The summed E-state index contributed by atoms with van der Waals surface area (Å²) in [5, 5.41) is 2.67. The molecule has 2 aromatic carbocycles. The third kappa shape index (κ3) is 6.44. The van der Waals surface area contributed by atoms with E-state index in [1.807, 2.05) is 0 Å². The van der Waals surface area contributed by atoms with Gasteiger partial charge in [0, 0.05) is 31.7 Å². The van der Waals surface area contributed by atoms with E-state index in [9.17, 15) is 30.8 Å². The van der Waals surface area contributed by atoms with E-state index in [1.165, 1.54) is 12.1 Å². The molecule has 40 heavy (non-hydrogen) atoms. The minimum Gasteiger partial charge on any atom is -0.357 e. The van der Waals surface area contributed by atoms with Crippen molar-refractivity contribution in [3.05, 3.63) is 89.9 Å². The number of carbonyl (C=O) groups is 1. The lowest BCUT2D eigenvalue weighted by molar-refractivity contribution is -0.137. The Morgan fingerprint density at radius 2 is 1.68 bits per heavy atom. The Morgan fingerprint density at radius 1 is 1.05 bits per heavy atom. The quantitative estimate of drug-likeness (QED) is 0.275. The minimum atomic E-state index is -4.46. The molecule has 7 nitrogen and oxygen atoms in total. The van der Waals surface area contributed by atoms with Crippen LogP contribution in [0.15, 0.2) is 77.8 Å². The van der Waals surface area contributed by atoms with E-state index in [-0.39, 0.29) is 23.7 Å². The summed E-state index contributed by atoms with van der Waals surface area (Å²) in [5.41, 5.74) is 0.457. The van der Waals surface area contributed by atoms with Crippen molar-refractivity contribution in [1.82, 2.24) is 14.6 Å². The highest BCUT2D eigenvalue weighted by atomic mass is 32.2. The molecule has 1 aliphatic heterocycles. The number of hydrogen-bond donors (Lipinski definition) is 1. The van der Waals surface area contributed by atoms with Crippen molar-refractivity contribution < 1.29 is 30.8 Å². The molecule has 0 unspecified atom stereocenters. The van der Waals surface area contributed by atoms with Gasteiger partial charge in [0.05, 0.1) is 16.2 Å². The number of sulfonamides is 1. The molecular weight excluding hydrogens is 548 g/mol. The molecule has 12 heteroatoms. The second-order valence-corrected chi connectivity index (χ2v) is 11.1. The number of benzene rings is 2. The standard InChI is InChI=1S/C28H28F4N4O3S/c1-3-36(40(38,39)24-12-10-23(29)11-13-24)19(2)27(37)33-18-20-16-25(34-26(17-20)35-14-4-5-15-35)21-6-8-22(9-7-21)28(30,31)32/h6-13,16-17H,2-5,14-15,18H2,1H3,(H,33,37). The molecule has 0 atom stereocenters. The van der Waals surface area contributed by atoms with Crippen LogP contribution < -0.4 is 10.2 Å². The van der Waals surface area contributed by atoms with Crippen LogP contribution in [0.2, 0.25) is 0 Å². The van der Waals surface area contributed by atoms with Gasteiger partial charge in [0.1, 0.15) is 17.3 Å². The molecule has 212 valence electrons. The van der Waals surface area contributed by atoms with Crippen LogP contribution >= 0.6 is 0 Å². The number of nitrogens with zero attached hydrogens (tertiary/aromatic N) is 3. The van der Waals surface area contributed by atoms with Gasteiger partial charge in [-0.05, 0) is 73.9 Å². The van der Waals surface area contributed by atoms with Crippen LogP contribution in [0.25, 0.3) is 11.3 Å². The number of halogens is 4. The van der Waals surface area contributed by atoms with Gasteiger partial charge in [-0.2, -0.15) is 13.2 Å². The molecule has 0 aliphatic carbocycles. The van der Waals surface area contributed by atoms with E-state index >= 15 is 0 Å². The van der Waals surface area contributed by atoms with E-state index in [0.717, 1.165) is 66.6 Å². The average Bonchev–Trinajstić information content (AvgIpc) is 3.47. The van der Waals surface area contributed by atoms with Gasteiger partial charge in [-0.3, -0.25) is 9.10 Å². The van der Waals surface area contributed by atoms with Crippen LogP contribution in [0.3, 0.4) is 0 Å². The maximum Gasteiger partial charge on any atom is 0.416 e. The SMILES string of the molecule is C=C(C(=O)NCc1cc(-c2ccc(C(F)(F)F)cc2)nc(N2CCCC2)c1)N(CC)S(=O)(=O)c1ccc(F)cc1. The van der Waals surface area contributed by atoms with Crippen LogP contribution in [0.4, 0.5) is 23.4 Å². The average molecular weight is 577 g/mol. The zero-order valence-corrected chi connectivity index (χ0v) is 22.5. The Balaban J connectivity index is 1.55. The Kier molecular flexibility index (Phi) is 8.48. The number of hydrogen-bond acceptors (Lipinski definition) is 5. The molecule has 0 spiro atoms. The second-order valence-electron chi connectivity index (χ2n) is 9.24. The van der Waals surface area contributed by atoms with E-state index in [0.29, 0.717) is 22.6 Å². The molecule has 1 aliphatic rings. The summed E-state index contributed by atoms with van der Waals surface area (Å²) in [6.45, 7) is 6.67. The summed E-state index contributed by atoms with van der Waals surface area (Å²) in [6, 6.07) is 12.4. The lowest BCUT2D eigenvalue weighted by atomic mass is 10.1. The smallest absolute Gasteiger partial charge is 0.357 e. The summed E-state index contributed by atoms with van der Waals surface area (Å²) < 4.78 is 79.4. The zero-order chi connectivity index (χ0) is 29.1. The van der Waals surface area contributed by atoms with Crippen LogP contribution in [0.5, 0.6) is 0 Å². The molecule has 1 saturated heterocycles. The molecule has 0 bridgehead atoms. The summed E-state index contributed by atoms with van der Waals surface area (Å²) in [5.74, 6) is -0.699. The van der Waals surface area contributed by atoms with E-state index in [4.69, 9.17) is 0 Å². The first-order chi connectivity index (χ1) is 18.9. The Hall–Kier alpha value is -3.93. The maximum atomic E-state index is 13.3. The number of alkyl halides is 3. The van der Waals surface area contributed by atoms with Gasteiger partial charge in [0.2, 0.25) is 0 Å². The number of carbonyl (C=O) groups excluding carboxylic acids is 1. The lowest BCUT2D eigenvalue weighted by Crippen LogP contribution is -2.38. The molecule has 1 fully saturated rings. The van der Waals surface area contributed by atoms with E-state index < -0.39 is 33.5 Å². The Labute approximate surface area is 230 Å². The number of anilines is 1.